The zero-order chi connectivity index (χ0) is 8.85. The fourth-order valence-corrected chi connectivity index (χ4v) is 1.00. The van der Waals surface area contributed by atoms with Gasteiger partial charge in [0.15, 0.2) is 0 Å². The van der Waals surface area contributed by atoms with Crippen LogP contribution in [-0.2, 0) is 4.79 Å². The van der Waals surface area contributed by atoms with Crippen molar-refractivity contribution in [3.63, 3.8) is 0 Å². The summed E-state index contributed by atoms with van der Waals surface area (Å²) in [5.74, 6) is -0.821. The number of rotatable bonds is 4. The van der Waals surface area contributed by atoms with Crippen molar-refractivity contribution in [1.82, 2.24) is 0 Å². The van der Waals surface area contributed by atoms with Crippen molar-refractivity contribution in [3.8, 4) is 0 Å². The number of nitrogens with two attached hydrogens (primary N) is 1. The quantitative estimate of drug-likeness (QED) is 0.601. The fourth-order valence-electron chi connectivity index (χ4n) is 1.00. The minimum atomic E-state index is -0.821. The van der Waals surface area contributed by atoms with Crippen LogP contribution >= 0.6 is 0 Å². The molecule has 0 aliphatic rings. The van der Waals surface area contributed by atoms with Crippen LogP contribution in [0.2, 0.25) is 0 Å². The predicted molar refractivity (Wildman–Crippen MR) is 44.3 cm³/mol. The standard InChI is InChI=1S/C8H15NO2/c1-3-7(8(10)11)6(2)4-5-9/h3-5,9H2,1-2H3,(H,10,11). The minimum Gasteiger partial charge on any atom is -0.478 e. The molecule has 0 saturated carbocycles. The average Bonchev–Trinajstić information content (AvgIpc) is 1.88. The number of carboxylic acid groups (broad SMARTS) is 1. The third-order valence-electron chi connectivity index (χ3n) is 1.65. The lowest BCUT2D eigenvalue weighted by molar-refractivity contribution is -0.132. The lowest BCUT2D eigenvalue weighted by Crippen LogP contribution is -2.06. The van der Waals surface area contributed by atoms with E-state index in [1.165, 1.54) is 0 Å². The SMILES string of the molecule is CCC(C(=O)O)=C(C)CCN. The Balaban J connectivity index is 4.40. The van der Waals surface area contributed by atoms with E-state index in [2.05, 4.69) is 0 Å². The van der Waals surface area contributed by atoms with E-state index in [0.717, 1.165) is 5.57 Å². The van der Waals surface area contributed by atoms with Crippen LogP contribution < -0.4 is 5.73 Å². The molecule has 0 heterocycles. The summed E-state index contributed by atoms with van der Waals surface area (Å²) in [5, 5.41) is 8.67. The highest BCUT2D eigenvalue weighted by atomic mass is 16.4. The van der Waals surface area contributed by atoms with Crippen LogP contribution in [0.3, 0.4) is 0 Å². The van der Waals surface area contributed by atoms with Gasteiger partial charge in [0, 0.05) is 5.57 Å². The number of hydrogen-bond acceptors (Lipinski definition) is 2. The van der Waals surface area contributed by atoms with Crippen LogP contribution in [0, 0.1) is 0 Å². The van der Waals surface area contributed by atoms with E-state index in [1.54, 1.807) is 0 Å². The Morgan fingerprint density at radius 1 is 1.55 bits per heavy atom. The molecule has 0 bridgehead atoms. The van der Waals surface area contributed by atoms with Crippen molar-refractivity contribution < 1.29 is 9.90 Å². The molecule has 0 spiro atoms. The molecule has 0 unspecified atom stereocenters. The first-order chi connectivity index (χ1) is 5.13. The fraction of sp³-hybridized carbons (Fsp3) is 0.625. The molecule has 0 aliphatic heterocycles. The zero-order valence-electron chi connectivity index (χ0n) is 7.05. The molecule has 0 aliphatic carbocycles. The summed E-state index contributed by atoms with van der Waals surface area (Å²) in [6.45, 7) is 4.17. The Bertz CT molecular complexity index is 173. The number of hydrogen-bond donors (Lipinski definition) is 2. The van der Waals surface area contributed by atoms with Gasteiger partial charge in [-0.1, -0.05) is 12.5 Å². The maximum atomic E-state index is 10.5. The van der Waals surface area contributed by atoms with Crippen molar-refractivity contribution in [2.24, 2.45) is 5.73 Å². The van der Waals surface area contributed by atoms with Gasteiger partial charge in [0.05, 0.1) is 0 Å². The first-order valence-corrected chi connectivity index (χ1v) is 3.75. The van der Waals surface area contributed by atoms with Crippen molar-refractivity contribution >= 4 is 5.97 Å². The second-order valence-electron chi connectivity index (χ2n) is 2.46. The minimum absolute atomic E-state index is 0.496. The lowest BCUT2D eigenvalue weighted by Gasteiger charge is -2.03. The molecule has 0 rings (SSSR count). The maximum absolute atomic E-state index is 10.5. The van der Waals surface area contributed by atoms with Gasteiger partial charge in [0.25, 0.3) is 0 Å². The third-order valence-corrected chi connectivity index (χ3v) is 1.65. The van der Waals surface area contributed by atoms with E-state index in [4.69, 9.17) is 10.8 Å². The predicted octanol–water partition coefficient (Wildman–Crippen LogP) is 1.15. The van der Waals surface area contributed by atoms with E-state index < -0.39 is 5.97 Å². The average molecular weight is 157 g/mol. The van der Waals surface area contributed by atoms with E-state index in [-0.39, 0.29) is 0 Å². The van der Waals surface area contributed by atoms with E-state index in [0.29, 0.717) is 25.0 Å². The summed E-state index contributed by atoms with van der Waals surface area (Å²) in [4.78, 5) is 10.5. The Kier molecular flexibility index (Phi) is 4.54. The maximum Gasteiger partial charge on any atom is 0.331 e. The third kappa shape index (κ3) is 3.18. The first kappa shape index (κ1) is 10.2. The molecule has 3 nitrogen and oxygen atoms in total. The van der Waals surface area contributed by atoms with Gasteiger partial charge in [-0.25, -0.2) is 4.79 Å². The molecule has 3 heteroatoms. The first-order valence-electron chi connectivity index (χ1n) is 3.75. The molecule has 0 atom stereocenters. The Morgan fingerprint density at radius 2 is 2.09 bits per heavy atom. The van der Waals surface area contributed by atoms with Crippen molar-refractivity contribution in [3.05, 3.63) is 11.1 Å². The number of carbonyl (C=O) groups is 1. The van der Waals surface area contributed by atoms with Gasteiger partial charge in [-0.3, -0.25) is 0 Å². The van der Waals surface area contributed by atoms with E-state index in [9.17, 15) is 4.79 Å². The molecule has 0 saturated heterocycles. The number of aliphatic carboxylic acids is 1. The molecule has 64 valence electrons. The Morgan fingerprint density at radius 3 is 2.36 bits per heavy atom. The molecular weight excluding hydrogens is 142 g/mol. The largest absolute Gasteiger partial charge is 0.478 e. The van der Waals surface area contributed by atoms with Gasteiger partial charge in [-0.2, -0.15) is 0 Å². The Labute approximate surface area is 66.9 Å². The molecule has 0 radical (unpaired) electrons. The van der Waals surface area contributed by atoms with Crippen LogP contribution in [0.4, 0.5) is 0 Å². The molecular formula is C8H15NO2. The van der Waals surface area contributed by atoms with Gasteiger partial charge < -0.3 is 10.8 Å². The highest BCUT2D eigenvalue weighted by molar-refractivity contribution is 5.87. The zero-order valence-corrected chi connectivity index (χ0v) is 7.05. The monoisotopic (exact) mass is 157 g/mol. The highest BCUT2D eigenvalue weighted by Crippen LogP contribution is 2.10. The number of carboxylic acids is 1. The summed E-state index contributed by atoms with van der Waals surface area (Å²) >= 11 is 0. The van der Waals surface area contributed by atoms with Gasteiger partial charge >= 0.3 is 5.97 Å². The summed E-state index contributed by atoms with van der Waals surface area (Å²) in [6.07, 6.45) is 1.25. The molecule has 0 aromatic rings. The van der Waals surface area contributed by atoms with Gasteiger partial charge in [-0.05, 0) is 26.3 Å². The molecule has 0 aromatic carbocycles. The highest BCUT2D eigenvalue weighted by Gasteiger charge is 2.07. The van der Waals surface area contributed by atoms with Gasteiger partial charge in [0.1, 0.15) is 0 Å². The summed E-state index contributed by atoms with van der Waals surface area (Å²) in [7, 11) is 0. The molecule has 0 aromatic heterocycles. The van der Waals surface area contributed by atoms with Gasteiger partial charge in [-0.15, -0.1) is 0 Å². The summed E-state index contributed by atoms with van der Waals surface area (Å²) < 4.78 is 0. The summed E-state index contributed by atoms with van der Waals surface area (Å²) in [5.41, 5.74) is 6.68. The van der Waals surface area contributed by atoms with Crippen LogP contribution in [0.1, 0.15) is 26.7 Å². The lowest BCUT2D eigenvalue weighted by atomic mass is 10.1. The van der Waals surface area contributed by atoms with Crippen LogP contribution in [0.25, 0.3) is 0 Å². The van der Waals surface area contributed by atoms with Crippen LogP contribution in [0.15, 0.2) is 11.1 Å². The van der Waals surface area contributed by atoms with Gasteiger partial charge in [0.2, 0.25) is 0 Å². The smallest absolute Gasteiger partial charge is 0.331 e. The van der Waals surface area contributed by atoms with Crippen LogP contribution in [-0.4, -0.2) is 17.6 Å². The second-order valence-corrected chi connectivity index (χ2v) is 2.46. The van der Waals surface area contributed by atoms with Crippen molar-refractivity contribution in [2.75, 3.05) is 6.54 Å². The van der Waals surface area contributed by atoms with Crippen molar-refractivity contribution in [2.45, 2.75) is 26.7 Å². The summed E-state index contributed by atoms with van der Waals surface area (Å²) in [6, 6.07) is 0. The molecule has 0 fully saturated rings. The molecule has 11 heavy (non-hydrogen) atoms. The molecule has 3 N–H and O–H groups in total. The molecule has 0 amide bonds. The van der Waals surface area contributed by atoms with E-state index >= 15 is 0 Å². The second kappa shape index (κ2) is 4.91. The van der Waals surface area contributed by atoms with Crippen LogP contribution in [0.5, 0.6) is 0 Å². The normalized spacial score (nSPS) is 12.6. The Hall–Kier alpha value is -0.830. The van der Waals surface area contributed by atoms with Crippen molar-refractivity contribution in [1.29, 1.82) is 0 Å². The topological polar surface area (TPSA) is 63.3 Å². The van der Waals surface area contributed by atoms with E-state index in [1.807, 2.05) is 13.8 Å².